The Bertz CT molecular complexity index is 390. The van der Waals surface area contributed by atoms with Gasteiger partial charge in [-0.15, -0.1) is 0 Å². The average Bonchev–Trinajstić information content (AvgIpc) is 2.07. The molecule has 5 heteroatoms. The van der Waals surface area contributed by atoms with Gasteiger partial charge in [-0.1, -0.05) is 17.1 Å². The van der Waals surface area contributed by atoms with Gasteiger partial charge in [-0.25, -0.2) is 0 Å². The van der Waals surface area contributed by atoms with Crippen LogP contribution in [0.1, 0.15) is 21.5 Å². The fourth-order valence-electron chi connectivity index (χ4n) is 1.11. The van der Waals surface area contributed by atoms with E-state index in [0.29, 0.717) is 11.1 Å². The zero-order chi connectivity index (χ0) is 10.7. The molecule has 0 aliphatic rings. The van der Waals surface area contributed by atoms with Crippen molar-refractivity contribution >= 4 is 17.0 Å². The van der Waals surface area contributed by atoms with Gasteiger partial charge in [-0.3, -0.25) is 9.00 Å². The summed E-state index contributed by atoms with van der Waals surface area (Å²) in [7, 11) is 0. The van der Waals surface area contributed by atoms with Crippen molar-refractivity contribution in [3.8, 4) is 0 Å². The van der Waals surface area contributed by atoms with E-state index in [-0.39, 0.29) is 5.75 Å². The Kier molecular flexibility index (Phi) is 3.38. The molecule has 0 heterocycles. The second-order valence-electron chi connectivity index (χ2n) is 2.95. The third-order valence-corrected chi connectivity index (χ3v) is 2.45. The van der Waals surface area contributed by atoms with Crippen LogP contribution < -0.4 is 5.73 Å². The Morgan fingerprint density at radius 3 is 2.71 bits per heavy atom. The zero-order valence-electron chi connectivity index (χ0n) is 7.65. The van der Waals surface area contributed by atoms with Gasteiger partial charge < -0.3 is 10.3 Å². The van der Waals surface area contributed by atoms with Crippen LogP contribution in [0.3, 0.4) is 0 Å². The number of hydrogen-bond donors (Lipinski definition) is 1. The van der Waals surface area contributed by atoms with Gasteiger partial charge in [-0.05, 0) is 30.2 Å². The number of carbonyl (C=O) groups excluding carboxylic acids is 1. The molecular formula is C9H10NO3S-. The number of benzene rings is 1. The zero-order valence-corrected chi connectivity index (χ0v) is 8.47. The van der Waals surface area contributed by atoms with Gasteiger partial charge in [0.05, 0.1) is 0 Å². The molecule has 1 aromatic rings. The molecule has 1 unspecified atom stereocenters. The van der Waals surface area contributed by atoms with Gasteiger partial charge in [0.2, 0.25) is 5.91 Å². The Balaban J connectivity index is 3.08. The minimum absolute atomic E-state index is 0.0903. The molecule has 0 bridgehead atoms. The maximum atomic E-state index is 10.8. The Morgan fingerprint density at radius 2 is 2.21 bits per heavy atom. The minimum Gasteiger partial charge on any atom is -0.772 e. The van der Waals surface area contributed by atoms with E-state index in [1.54, 1.807) is 19.1 Å². The van der Waals surface area contributed by atoms with Gasteiger partial charge in [0.25, 0.3) is 0 Å². The summed E-state index contributed by atoms with van der Waals surface area (Å²) in [5.41, 5.74) is 6.84. The molecule has 2 N–H and O–H groups in total. The molecule has 0 aliphatic carbocycles. The van der Waals surface area contributed by atoms with Crippen molar-refractivity contribution < 1.29 is 13.6 Å². The van der Waals surface area contributed by atoms with Crippen LogP contribution in [0.5, 0.6) is 0 Å². The lowest BCUT2D eigenvalue weighted by atomic mass is 10.1. The van der Waals surface area contributed by atoms with Crippen LogP contribution in [0.15, 0.2) is 18.2 Å². The van der Waals surface area contributed by atoms with Crippen LogP contribution in [-0.4, -0.2) is 14.7 Å². The molecule has 4 nitrogen and oxygen atoms in total. The van der Waals surface area contributed by atoms with Crippen molar-refractivity contribution in [1.82, 2.24) is 0 Å². The summed E-state index contributed by atoms with van der Waals surface area (Å²) < 4.78 is 21.0. The number of amides is 1. The molecule has 0 saturated heterocycles. The lowest BCUT2D eigenvalue weighted by Gasteiger charge is -2.09. The van der Waals surface area contributed by atoms with Crippen molar-refractivity contribution in [2.45, 2.75) is 12.7 Å². The Labute approximate surface area is 84.4 Å². The molecule has 0 radical (unpaired) electrons. The van der Waals surface area contributed by atoms with Crippen LogP contribution in [0, 0.1) is 6.92 Å². The van der Waals surface area contributed by atoms with Crippen LogP contribution in [0.2, 0.25) is 0 Å². The van der Waals surface area contributed by atoms with Crippen LogP contribution in [0.4, 0.5) is 0 Å². The van der Waals surface area contributed by atoms with E-state index in [9.17, 15) is 13.6 Å². The van der Waals surface area contributed by atoms with Gasteiger partial charge >= 0.3 is 0 Å². The Hall–Kier alpha value is -1.20. The second kappa shape index (κ2) is 4.34. The van der Waals surface area contributed by atoms with Crippen molar-refractivity contribution in [2.75, 3.05) is 0 Å². The first-order valence-electron chi connectivity index (χ1n) is 3.96. The van der Waals surface area contributed by atoms with E-state index >= 15 is 0 Å². The van der Waals surface area contributed by atoms with E-state index in [0.717, 1.165) is 5.56 Å². The number of aryl methyl sites for hydroxylation is 1. The molecule has 0 spiro atoms. The molecule has 1 aromatic carbocycles. The van der Waals surface area contributed by atoms with E-state index in [4.69, 9.17) is 5.73 Å². The quantitative estimate of drug-likeness (QED) is 0.739. The van der Waals surface area contributed by atoms with Crippen molar-refractivity contribution in [3.63, 3.8) is 0 Å². The number of carbonyl (C=O) groups is 1. The molecule has 0 aliphatic heterocycles. The summed E-state index contributed by atoms with van der Waals surface area (Å²) in [6.45, 7) is 1.78. The smallest absolute Gasteiger partial charge is 0.248 e. The van der Waals surface area contributed by atoms with Crippen molar-refractivity contribution in [2.24, 2.45) is 5.73 Å². The van der Waals surface area contributed by atoms with Crippen LogP contribution in [-0.2, 0) is 16.8 Å². The first-order valence-corrected chi connectivity index (χ1v) is 5.20. The first-order chi connectivity index (χ1) is 6.50. The third-order valence-electron chi connectivity index (χ3n) is 1.91. The van der Waals surface area contributed by atoms with Crippen LogP contribution >= 0.6 is 0 Å². The maximum Gasteiger partial charge on any atom is 0.248 e. The van der Waals surface area contributed by atoms with Crippen LogP contribution in [0.25, 0.3) is 0 Å². The molecule has 0 aromatic heterocycles. The van der Waals surface area contributed by atoms with Gasteiger partial charge in [-0.2, -0.15) is 0 Å². The Morgan fingerprint density at radius 1 is 1.57 bits per heavy atom. The molecule has 76 valence electrons. The molecule has 1 atom stereocenters. The summed E-state index contributed by atoms with van der Waals surface area (Å²) in [5, 5.41) is 0. The summed E-state index contributed by atoms with van der Waals surface area (Å²) in [6, 6.07) is 4.77. The molecule has 1 rings (SSSR count). The van der Waals surface area contributed by atoms with E-state index in [2.05, 4.69) is 0 Å². The molecule has 14 heavy (non-hydrogen) atoms. The molecule has 0 fully saturated rings. The van der Waals surface area contributed by atoms with Crippen molar-refractivity contribution in [1.29, 1.82) is 0 Å². The highest BCUT2D eigenvalue weighted by molar-refractivity contribution is 7.78. The fraction of sp³-hybridized carbons (Fsp3) is 0.222. The number of nitrogens with two attached hydrogens (primary N) is 1. The highest BCUT2D eigenvalue weighted by Gasteiger charge is 2.04. The monoisotopic (exact) mass is 212 g/mol. The minimum atomic E-state index is -2.15. The number of hydrogen-bond acceptors (Lipinski definition) is 3. The van der Waals surface area contributed by atoms with Crippen molar-refractivity contribution in [3.05, 3.63) is 34.9 Å². The second-order valence-corrected chi connectivity index (χ2v) is 3.85. The van der Waals surface area contributed by atoms with E-state index < -0.39 is 17.0 Å². The topological polar surface area (TPSA) is 83.2 Å². The largest absolute Gasteiger partial charge is 0.772 e. The predicted octanol–water partition coefficient (Wildman–Crippen LogP) is 0.473. The summed E-state index contributed by atoms with van der Waals surface area (Å²) in [4.78, 5) is 10.8. The highest BCUT2D eigenvalue weighted by Crippen LogP contribution is 2.12. The van der Waals surface area contributed by atoms with E-state index in [1.165, 1.54) is 6.07 Å². The average molecular weight is 212 g/mol. The van der Waals surface area contributed by atoms with Gasteiger partial charge in [0.15, 0.2) is 0 Å². The summed E-state index contributed by atoms with van der Waals surface area (Å²) in [6.07, 6.45) is 0. The maximum absolute atomic E-state index is 10.8. The molecule has 0 saturated carbocycles. The standard InChI is InChI=1S/C9H11NO3S/c1-6-2-3-7(9(10)11)4-8(6)5-14(12)13/h2-4H,5H2,1H3,(H2,10,11)(H,12,13)/p-1. The SMILES string of the molecule is Cc1ccc(C(N)=O)cc1CS(=O)[O-]. The molecule has 1 amide bonds. The lowest BCUT2D eigenvalue weighted by Crippen LogP contribution is -2.11. The molecular weight excluding hydrogens is 202 g/mol. The fourth-order valence-corrected chi connectivity index (χ4v) is 1.67. The first kappa shape index (κ1) is 10.9. The normalized spacial score (nSPS) is 12.4. The highest BCUT2D eigenvalue weighted by atomic mass is 32.2. The number of rotatable bonds is 3. The number of primary amides is 1. The lowest BCUT2D eigenvalue weighted by molar-refractivity contribution is 0.1000. The van der Waals surface area contributed by atoms with Gasteiger partial charge in [0.1, 0.15) is 0 Å². The van der Waals surface area contributed by atoms with Gasteiger partial charge in [0, 0.05) is 11.3 Å². The summed E-state index contributed by atoms with van der Waals surface area (Å²) >= 11 is -2.15. The van der Waals surface area contributed by atoms with E-state index in [1.807, 2.05) is 0 Å². The summed E-state index contributed by atoms with van der Waals surface area (Å²) in [5.74, 6) is -0.643. The predicted molar refractivity (Wildman–Crippen MR) is 52.3 cm³/mol. The third kappa shape index (κ3) is 2.65.